The monoisotopic (exact) mass is 641 g/mol. The Hall–Kier alpha value is -3.46. The summed E-state index contributed by atoms with van der Waals surface area (Å²) in [6, 6.07) is 11.6. The van der Waals surface area contributed by atoms with Crippen LogP contribution in [-0.2, 0) is 27.2 Å². The molecule has 3 N–H and O–H groups in total. The van der Waals surface area contributed by atoms with E-state index in [1.165, 1.54) is 43.5 Å². The Morgan fingerprint density at radius 2 is 1.76 bits per heavy atom. The fourth-order valence-corrected chi connectivity index (χ4v) is 5.63. The number of para-hydroxylation sites is 1. The predicted molar refractivity (Wildman–Crippen MR) is 181 cm³/mol. The molecule has 1 heterocycles. The summed E-state index contributed by atoms with van der Waals surface area (Å²) in [5.41, 5.74) is 2.03. The molecule has 4 atom stereocenters. The van der Waals surface area contributed by atoms with Gasteiger partial charge in [0, 0.05) is 19.5 Å². The number of nitrogens with one attached hydrogen (secondary N) is 2. The normalized spacial score (nSPS) is 16.0. The number of ether oxygens (including phenoxy) is 1. The third-order valence-corrected chi connectivity index (χ3v) is 8.73. The molecule has 9 heteroatoms. The first-order valence-corrected chi connectivity index (χ1v) is 16.7. The average molecular weight is 642 g/mol. The lowest BCUT2D eigenvalue weighted by atomic mass is 9.90. The molecule has 46 heavy (non-hydrogen) atoms. The molecule has 3 rings (SSSR count). The molecule has 0 saturated carbocycles. The highest BCUT2D eigenvalue weighted by molar-refractivity contribution is 5.91. The summed E-state index contributed by atoms with van der Waals surface area (Å²) in [6.07, 6.45) is 6.90. The second kappa shape index (κ2) is 18.6. The van der Waals surface area contributed by atoms with E-state index in [0.717, 1.165) is 61.8 Å². The Morgan fingerprint density at radius 3 is 2.35 bits per heavy atom. The molecular formula is C37H56FN3O5. The van der Waals surface area contributed by atoms with E-state index in [-0.39, 0.29) is 42.1 Å². The molecular weight excluding hydrogens is 585 g/mol. The van der Waals surface area contributed by atoms with Crippen molar-refractivity contribution in [3.8, 4) is 5.75 Å². The van der Waals surface area contributed by atoms with Crippen molar-refractivity contribution in [3.05, 3.63) is 65.0 Å². The van der Waals surface area contributed by atoms with Crippen LogP contribution in [0.2, 0.25) is 0 Å². The van der Waals surface area contributed by atoms with Crippen molar-refractivity contribution in [1.82, 2.24) is 15.5 Å². The van der Waals surface area contributed by atoms with Crippen LogP contribution in [-0.4, -0.2) is 65.6 Å². The zero-order valence-corrected chi connectivity index (χ0v) is 29.1. The molecule has 0 aliphatic carbocycles. The maximum atomic E-state index is 13.0. The third kappa shape index (κ3) is 12.0. The minimum atomic E-state index is -1.48. The zero-order chi connectivity index (χ0) is 34.4. The molecule has 4 unspecified atom stereocenters. The van der Waals surface area contributed by atoms with Crippen LogP contribution >= 0.6 is 0 Å². The van der Waals surface area contributed by atoms with Crippen LogP contribution in [0.25, 0.3) is 0 Å². The molecule has 1 aliphatic rings. The Morgan fingerprint density at radius 1 is 1.09 bits per heavy atom. The molecule has 2 aromatic carbocycles. The number of benzene rings is 2. The number of rotatable bonds is 14. The minimum Gasteiger partial charge on any atom is -0.490 e. The maximum Gasteiger partial charge on any atom is 0.246 e. The third-order valence-electron chi connectivity index (χ3n) is 8.73. The van der Waals surface area contributed by atoms with Crippen LogP contribution in [0, 0.1) is 24.6 Å². The molecule has 0 saturated heterocycles. The molecule has 1 aliphatic heterocycles. The minimum absolute atomic E-state index is 0.145. The van der Waals surface area contributed by atoms with Crippen molar-refractivity contribution in [2.24, 2.45) is 11.8 Å². The number of likely N-dealkylation sites (N-methyl/N-ethyl adjacent to an activating group) is 1. The smallest absolute Gasteiger partial charge is 0.246 e. The summed E-state index contributed by atoms with van der Waals surface area (Å²) in [5.74, 6) is -0.390. The highest BCUT2D eigenvalue weighted by Gasteiger charge is 2.40. The second-order valence-electron chi connectivity index (χ2n) is 13.1. The first-order chi connectivity index (χ1) is 21.7. The van der Waals surface area contributed by atoms with Gasteiger partial charge in [0.15, 0.2) is 0 Å². The standard InChI is InChI=1S/C30H49N3O5.C7H7F/c1-8-12-24-17-16-23-14-10-13-22(26(23)38-24)15-11-18-31-25(34)19-32-28(35)27(30(5,6)37)33(7)29(36)21(4)20(3)9-2;1-6-2-4-7(8)5-3-6/h10,13-14,20-21,24,27,37H,8-9,11-12,15-19H2,1-7H3,(H,31,34)(H,32,35);2-5H,1H3. The van der Waals surface area contributed by atoms with Gasteiger partial charge in [-0.15, -0.1) is 0 Å². The van der Waals surface area contributed by atoms with E-state index < -0.39 is 17.6 Å². The number of aryl methyl sites for hydroxylation is 3. The van der Waals surface area contributed by atoms with Crippen LogP contribution in [0.15, 0.2) is 42.5 Å². The van der Waals surface area contributed by atoms with Crippen molar-refractivity contribution in [2.45, 2.75) is 111 Å². The highest BCUT2D eigenvalue weighted by atomic mass is 19.1. The number of amides is 3. The van der Waals surface area contributed by atoms with Gasteiger partial charge in [-0.3, -0.25) is 14.4 Å². The number of halogens is 1. The number of carbonyl (C=O) groups is 3. The van der Waals surface area contributed by atoms with Gasteiger partial charge >= 0.3 is 0 Å². The van der Waals surface area contributed by atoms with E-state index in [0.29, 0.717) is 6.54 Å². The largest absolute Gasteiger partial charge is 0.490 e. The van der Waals surface area contributed by atoms with Gasteiger partial charge in [0.05, 0.1) is 18.2 Å². The first kappa shape index (κ1) is 38.7. The van der Waals surface area contributed by atoms with Crippen molar-refractivity contribution < 1.29 is 28.6 Å². The Kier molecular flexibility index (Phi) is 15.7. The van der Waals surface area contributed by atoms with Crippen LogP contribution in [0.1, 0.15) is 90.3 Å². The fourth-order valence-electron chi connectivity index (χ4n) is 5.63. The van der Waals surface area contributed by atoms with E-state index in [1.807, 2.05) is 27.7 Å². The van der Waals surface area contributed by atoms with Gasteiger partial charge in [0.25, 0.3) is 0 Å². The van der Waals surface area contributed by atoms with E-state index in [1.54, 1.807) is 12.1 Å². The highest BCUT2D eigenvalue weighted by Crippen LogP contribution is 2.33. The van der Waals surface area contributed by atoms with Gasteiger partial charge in [-0.2, -0.15) is 0 Å². The fraction of sp³-hybridized carbons (Fsp3) is 0.595. The number of fused-ring (bicyclic) bond motifs is 1. The Balaban J connectivity index is 0.000000797. The van der Waals surface area contributed by atoms with E-state index in [2.05, 4.69) is 35.8 Å². The summed E-state index contributed by atoms with van der Waals surface area (Å²) in [6.45, 7) is 13.2. The summed E-state index contributed by atoms with van der Waals surface area (Å²) in [4.78, 5) is 39.6. The second-order valence-corrected chi connectivity index (χ2v) is 13.1. The number of aliphatic hydroxyl groups is 1. The lowest BCUT2D eigenvalue weighted by molar-refractivity contribution is -0.151. The van der Waals surface area contributed by atoms with Gasteiger partial charge in [-0.05, 0) is 82.1 Å². The molecule has 256 valence electrons. The summed E-state index contributed by atoms with van der Waals surface area (Å²) < 4.78 is 18.4. The average Bonchev–Trinajstić information content (AvgIpc) is 3.02. The molecule has 0 radical (unpaired) electrons. The van der Waals surface area contributed by atoms with Gasteiger partial charge in [0.2, 0.25) is 17.7 Å². The lowest BCUT2D eigenvalue weighted by Gasteiger charge is -2.37. The van der Waals surface area contributed by atoms with Crippen molar-refractivity contribution in [2.75, 3.05) is 20.1 Å². The number of hydrogen-bond acceptors (Lipinski definition) is 5. The first-order valence-electron chi connectivity index (χ1n) is 16.7. The molecule has 2 aromatic rings. The summed E-state index contributed by atoms with van der Waals surface area (Å²) in [5, 5.41) is 16.1. The Bertz CT molecular complexity index is 1240. The van der Waals surface area contributed by atoms with Crippen LogP contribution in [0.3, 0.4) is 0 Å². The number of carbonyl (C=O) groups excluding carboxylic acids is 3. The van der Waals surface area contributed by atoms with Gasteiger partial charge in [-0.25, -0.2) is 4.39 Å². The van der Waals surface area contributed by atoms with Crippen LogP contribution < -0.4 is 15.4 Å². The number of hydrogen-bond donors (Lipinski definition) is 3. The maximum absolute atomic E-state index is 13.0. The molecule has 0 spiro atoms. The van der Waals surface area contributed by atoms with E-state index in [9.17, 15) is 23.9 Å². The SMILES string of the molecule is CCCC1CCc2cccc(CCCNC(=O)CNC(=O)C(N(C)C(=O)C(C)C(C)CC)C(C)(C)O)c2O1.Cc1ccc(F)cc1. The van der Waals surface area contributed by atoms with Crippen molar-refractivity contribution in [3.63, 3.8) is 0 Å². The Labute approximate surface area is 275 Å². The van der Waals surface area contributed by atoms with E-state index in [4.69, 9.17) is 4.74 Å². The van der Waals surface area contributed by atoms with E-state index >= 15 is 0 Å². The van der Waals surface area contributed by atoms with Crippen LogP contribution in [0.4, 0.5) is 4.39 Å². The van der Waals surface area contributed by atoms with Crippen molar-refractivity contribution in [1.29, 1.82) is 0 Å². The molecule has 0 fully saturated rings. The molecule has 0 aromatic heterocycles. The van der Waals surface area contributed by atoms with Crippen molar-refractivity contribution >= 4 is 17.7 Å². The lowest BCUT2D eigenvalue weighted by Crippen LogP contribution is -2.60. The predicted octanol–water partition coefficient (Wildman–Crippen LogP) is 5.76. The molecule has 0 bridgehead atoms. The molecule has 8 nitrogen and oxygen atoms in total. The van der Waals surface area contributed by atoms with Gasteiger partial charge in [-0.1, -0.05) is 76.4 Å². The summed E-state index contributed by atoms with van der Waals surface area (Å²) >= 11 is 0. The zero-order valence-electron chi connectivity index (χ0n) is 29.1. The summed E-state index contributed by atoms with van der Waals surface area (Å²) in [7, 11) is 1.53. The number of nitrogens with zero attached hydrogens (tertiary/aromatic N) is 1. The van der Waals surface area contributed by atoms with Gasteiger partial charge < -0.3 is 25.4 Å². The topological polar surface area (TPSA) is 108 Å². The molecule has 3 amide bonds. The quantitative estimate of drug-likeness (QED) is 0.228. The van der Waals surface area contributed by atoms with Gasteiger partial charge in [0.1, 0.15) is 17.6 Å². The van der Waals surface area contributed by atoms with Crippen LogP contribution in [0.5, 0.6) is 5.75 Å².